The van der Waals surface area contributed by atoms with Crippen molar-refractivity contribution in [1.82, 2.24) is 0 Å². The van der Waals surface area contributed by atoms with Gasteiger partial charge >= 0.3 is 0 Å². The third-order valence-electron chi connectivity index (χ3n) is 2.16. The first-order valence-corrected chi connectivity index (χ1v) is 5.20. The SMILES string of the molecule is C#CCCC(N)CCOc1ccccc1. The highest BCUT2D eigenvalue weighted by molar-refractivity contribution is 5.20. The number of benzene rings is 1. The third kappa shape index (κ3) is 5.09. The van der Waals surface area contributed by atoms with Gasteiger partial charge in [0, 0.05) is 12.5 Å². The van der Waals surface area contributed by atoms with Gasteiger partial charge in [-0.1, -0.05) is 18.2 Å². The molecule has 0 bridgehead atoms. The molecular weight excluding hydrogens is 186 g/mol. The van der Waals surface area contributed by atoms with E-state index in [-0.39, 0.29) is 6.04 Å². The summed E-state index contributed by atoms with van der Waals surface area (Å²) in [6.45, 7) is 0.649. The minimum absolute atomic E-state index is 0.143. The highest BCUT2D eigenvalue weighted by Crippen LogP contribution is 2.09. The van der Waals surface area contributed by atoms with Crippen LogP contribution in [0.3, 0.4) is 0 Å². The number of hydrogen-bond acceptors (Lipinski definition) is 2. The average molecular weight is 203 g/mol. The van der Waals surface area contributed by atoms with Crippen LogP contribution in [0.25, 0.3) is 0 Å². The molecular formula is C13H17NO. The number of terminal acetylenes is 1. The topological polar surface area (TPSA) is 35.2 Å². The van der Waals surface area contributed by atoms with Crippen LogP contribution in [-0.4, -0.2) is 12.6 Å². The first-order valence-electron chi connectivity index (χ1n) is 5.20. The second kappa shape index (κ2) is 6.92. The molecule has 0 amide bonds. The molecule has 0 radical (unpaired) electrons. The monoisotopic (exact) mass is 203 g/mol. The van der Waals surface area contributed by atoms with Gasteiger partial charge in [-0.25, -0.2) is 0 Å². The normalized spacial score (nSPS) is 11.7. The van der Waals surface area contributed by atoms with E-state index in [0.29, 0.717) is 6.61 Å². The number of hydrogen-bond donors (Lipinski definition) is 1. The first kappa shape index (κ1) is 11.6. The van der Waals surface area contributed by atoms with E-state index < -0.39 is 0 Å². The van der Waals surface area contributed by atoms with Crippen LogP contribution in [-0.2, 0) is 0 Å². The van der Waals surface area contributed by atoms with Gasteiger partial charge in [0.15, 0.2) is 0 Å². The van der Waals surface area contributed by atoms with Gasteiger partial charge in [0.25, 0.3) is 0 Å². The maximum atomic E-state index is 5.85. The lowest BCUT2D eigenvalue weighted by molar-refractivity contribution is 0.295. The molecule has 0 heterocycles. The van der Waals surface area contributed by atoms with Crippen LogP contribution in [0.2, 0.25) is 0 Å². The Morgan fingerprint density at radius 1 is 1.27 bits per heavy atom. The summed E-state index contributed by atoms with van der Waals surface area (Å²) in [7, 11) is 0. The molecule has 2 N–H and O–H groups in total. The number of ether oxygens (including phenoxy) is 1. The summed E-state index contributed by atoms with van der Waals surface area (Å²) in [5.41, 5.74) is 5.85. The van der Waals surface area contributed by atoms with Crippen molar-refractivity contribution in [3.63, 3.8) is 0 Å². The fourth-order valence-corrected chi connectivity index (χ4v) is 1.26. The van der Waals surface area contributed by atoms with E-state index in [4.69, 9.17) is 16.9 Å². The molecule has 2 heteroatoms. The Morgan fingerprint density at radius 2 is 2.00 bits per heavy atom. The molecule has 1 aromatic carbocycles. The van der Waals surface area contributed by atoms with Crippen molar-refractivity contribution in [2.24, 2.45) is 5.73 Å². The highest BCUT2D eigenvalue weighted by atomic mass is 16.5. The van der Waals surface area contributed by atoms with E-state index in [9.17, 15) is 0 Å². The predicted molar refractivity (Wildman–Crippen MR) is 62.6 cm³/mol. The molecule has 0 fully saturated rings. The molecule has 80 valence electrons. The Bertz CT molecular complexity index is 302. The van der Waals surface area contributed by atoms with Crippen molar-refractivity contribution >= 4 is 0 Å². The zero-order valence-electron chi connectivity index (χ0n) is 8.86. The molecule has 1 aromatic rings. The van der Waals surface area contributed by atoms with Gasteiger partial charge < -0.3 is 10.5 Å². The molecule has 15 heavy (non-hydrogen) atoms. The number of para-hydroxylation sites is 1. The standard InChI is InChI=1S/C13H17NO/c1-2-3-7-12(14)10-11-15-13-8-5-4-6-9-13/h1,4-6,8-9,12H,3,7,10-11,14H2. The number of nitrogens with two attached hydrogens (primary N) is 1. The molecule has 0 aliphatic heterocycles. The summed E-state index contributed by atoms with van der Waals surface area (Å²) >= 11 is 0. The zero-order chi connectivity index (χ0) is 10.9. The van der Waals surface area contributed by atoms with Crippen molar-refractivity contribution < 1.29 is 4.74 Å². The molecule has 0 saturated heterocycles. The molecule has 0 aromatic heterocycles. The van der Waals surface area contributed by atoms with Crippen molar-refractivity contribution in [1.29, 1.82) is 0 Å². The Hall–Kier alpha value is -1.46. The van der Waals surface area contributed by atoms with Gasteiger partial charge in [-0.3, -0.25) is 0 Å². The second-order valence-electron chi connectivity index (χ2n) is 3.45. The molecule has 1 unspecified atom stereocenters. The van der Waals surface area contributed by atoms with Crippen molar-refractivity contribution in [2.75, 3.05) is 6.61 Å². The Morgan fingerprint density at radius 3 is 2.67 bits per heavy atom. The largest absolute Gasteiger partial charge is 0.494 e. The summed E-state index contributed by atoms with van der Waals surface area (Å²) in [4.78, 5) is 0. The summed E-state index contributed by atoms with van der Waals surface area (Å²) in [6, 6.07) is 9.89. The van der Waals surface area contributed by atoms with Gasteiger partial charge in [-0.15, -0.1) is 12.3 Å². The van der Waals surface area contributed by atoms with Crippen LogP contribution >= 0.6 is 0 Å². The maximum absolute atomic E-state index is 5.85. The quantitative estimate of drug-likeness (QED) is 0.719. The minimum atomic E-state index is 0.143. The Labute approximate surface area is 91.4 Å². The third-order valence-corrected chi connectivity index (χ3v) is 2.16. The molecule has 1 atom stereocenters. The van der Waals surface area contributed by atoms with Gasteiger partial charge in [0.05, 0.1) is 6.61 Å². The van der Waals surface area contributed by atoms with E-state index in [2.05, 4.69) is 5.92 Å². The highest BCUT2D eigenvalue weighted by Gasteiger charge is 2.01. The molecule has 1 rings (SSSR count). The lowest BCUT2D eigenvalue weighted by Crippen LogP contribution is -2.22. The Kier molecular flexibility index (Phi) is 5.35. The molecule has 0 saturated carbocycles. The van der Waals surface area contributed by atoms with Crippen LogP contribution in [0.5, 0.6) is 5.75 Å². The summed E-state index contributed by atoms with van der Waals surface area (Å²) < 4.78 is 5.52. The lowest BCUT2D eigenvalue weighted by atomic mass is 10.1. The maximum Gasteiger partial charge on any atom is 0.119 e. The summed E-state index contributed by atoms with van der Waals surface area (Å²) in [5.74, 6) is 3.48. The fourth-order valence-electron chi connectivity index (χ4n) is 1.26. The van der Waals surface area contributed by atoms with Crippen molar-refractivity contribution in [3.8, 4) is 18.1 Å². The molecule has 0 spiro atoms. The summed E-state index contributed by atoms with van der Waals surface area (Å²) in [5, 5.41) is 0. The van der Waals surface area contributed by atoms with Gasteiger partial charge in [-0.05, 0) is 25.0 Å². The van der Waals surface area contributed by atoms with E-state index in [0.717, 1.165) is 25.0 Å². The average Bonchev–Trinajstić information content (AvgIpc) is 2.28. The predicted octanol–water partition coefficient (Wildman–Crippen LogP) is 2.20. The molecule has 2 nitrogen and oxygen atoms in total. The van der Waals surface area contributed by atoms with Crippen molar-refractivity contribution in [2.45, 2.75) is 25.3 Å². The van der Waals surface area contributed by atoms with Gasteiger partial charge in [-0.2, -0.15) is 0 Å². The first-order chi connectivity index (χ1) is 7.33. The number of rotatable bonds is 6. The van der Waals surface area contributed by atoms with Crippen LogP contribution in [0.1, 0.15) is 19.3 Å². The van der Waals surface area contributed by atoms with E-state index in [1.54, 1.807) is 0 Å². The zero-order valence-corrected chi connectivity index (χ0v) is 8.86. The fraction of sp³-hybridized carbons (Fsp3) is 0.385. The van der Waals surface area contributed by atoms with Gasteiger partial charge in [0.1, 0.15) is 5.75 Å². The van der Waals surface area contributed by atoms with Gasteiger partial charge in [0.2, 0.25) is 0 Å². The van der Waals surface area contributed by atoms with Crippen molar-refractivity contribution in [3.05, 3.63) is 30.3 Å². The van der Waals surface area contributed by atoms with Crippen LogP contribution < -0.4 is 10.5 Å². The second-order valence-corrected chi connectivity index (χ2v) is 3.45. The van der Waals surface area contributed by atoms with Crippen LogP contribution in [0.4, 0.5) is 0 Å². The minimum Gasteiger partial charge on any atom is -0.494 e. The van der Waals surface area contributed by atoms with Crippen LogP contribution in [0, 0.1) is 12.3 Å². The van der Waals surface area contributed by atoms with E-state index in [1.165, 1.54) is 0 Å². The summed E-state index contributed by atoms with van der Waals surface area (Å²) in [6.07, 6.45) is 7.62. The molecule has 0 aliphatic carbocycles. The van der Waals surface area contributed by atoms with E-state index >= 15 is 0 Å². The van der Waals surface area contributed by atoms with E-state index in [1.807, 2.05) is 30.3 Å². The van der Waals surface area contributed by atoms with Crippen LogP contribution in [0.15, 0.2) is 30.3 Å². The molecule has 0 aliphatic rings. The smallest absolute Gasteiger partial charge is 0.119 e. The Balaban J connectivity index is 2.14. The lowest BCUT2D eigenvalue weighted by Gasteiger charge is -2.10.